The predicted molar refractivity (Wildman–Crippen MR) is 135 cm³/mol. The predicted octanol–water partition coefficient (Wildman–Crippen LogP) is 3.19. The summed E-state index contributed by atoms with van der Waals surface area (Å²) in [6.07, 6.45) is 5.84. The molecule has 186 valence electrons. The number of carboxylic acid groups (broad SMARTS) is 1. The molecule has 0 radical (unpaired) electrons. The second-order valence-corrected chi connectivity index (χ2v) is 8.74. The number of amides is 2. The zero-order valence-electron chi connectivity index (χ0n) is 19.9. The lowest BCUT2D eigenvalue weighted by atomic mass is 10.0. The minimum absolute atomic E-state index is 0.0471. The smallest absolute Gasteiger partial charge is 0.335 e. The van der Waals surface area contributed by atoms with E-state index in [1.807, 2.05) is 47.0 Å². The van der Waals surface area contributed by atoms with Crippen molar-refractivity contribution >= 4 is 17.8 Å². The molecule has 2 aromatic heterocycles. The molecule has 37 heavy (non-hydrogen) atoms. The minimum Gasteiger partial charge on any atom is -0.478 e. The van der Waals surface area contributed by atoms with E-state index in [9.17, 15) is 19.5 Å². The first kappa shape index (κ1) is 23.9. The van der Waals surface area contributed by atoms with Gasteiger partial charge in [0.25, 0.3) is 11.8 Å². The number of fused-ring (bicyclic) bond motifs is 1. The maximum absolute atomic E-state index is 13.6. The number of hydrogen-bond donors (Lipinski definition) is 2. The Kier molecular flexibility index (Phi) is 6.76. The zero-order chi connectivity index (χ0) is 25.8. The van der Waals surface area contributed by atoms with Gasteiger partial charge in [0.1, 0.15) is 17.6 Å². The number of carboxylic acids is 1. The standard InChI is InChI=1S/C28H25N5O4/c34-26(30-13-11-19-6-5-12-29-17-19)23-18-32-14-15-33(24(25(32)31-23)20-7-2-1-3-8-20)27(35)21-9-4-10-22(16-21)28(36)37/h1-10,12,16-18,24H,11,13-15H2,(H,30,34)(H,36,37). The van der Waals surface area contributed by atoms with Crippen LogP contribution in [0.5, 0.6) is 0 Å². The molecule has 0 fully saturated rings. The fourth-order valence-electron chi connectivity index (χ4n) is 4.51. The fourth-order valence-corrected chi connectivity index (χ4v) is 4.51. The van der Waals surface area contributed by atoms with E-state index < -0.39 is 12.0 Å². The van der Waals surface area contributed by atoms with Crippen LogP contribution >= 0.6 is 0 Å². The van der Waals surface area contributed by atoms with Gasteiger partial charge in [-0.3, -0.25) is 14.6 Å². The Morgan fingerprint density at radius 3 is 2.54 bits per heavy atom. The number of nitrogens with one attached hydrogen (secondary N) is 1. The van der Waals surface area contributed by atoms with E-state index in [-0.39, 0.29) is 28.6 Å². The number of aromatic nitrogens is 3. The molecule has 1 aliphatic heterocycles. The molecule has 2 aromatic carbocycles. The Bertz CT molecular complexity index is 1440. The van der Waals surface area contributed by atoms with Gasteiger partial charge >= 0.3 is 5.97 Å². The van der Waals surface area contributed by atoms with Crippen molar-refractivity contribution < 1.29 is 19.5 Å². The molecule has 5 rings (SSSR count). The topological polar surface area (TPSA) is 117 Å². The van der Waals surface area contributed by atoms with Crippen molar-refractivity contribution in [3.8, 4) is 0 Å². The van der Waals surface area contributed by atoms with E-state index in [0.717, 1.165) is 11.1 Å². The average Bonchev–Trinajstić information content (AvgIpc) is 3.38. The van der Waals surface area contributed by atoms with Gasteiger partial charge in [-0.2, -0.15) is 0 Å². The fraction of sp³-hybridized carbons (Fsp3) is 0.179. The first-order valence-electron chi connectivity index (χ1n) is 11.9. The van der Waals surface area contributed by atoms with Gasteiger partial charge in [-0.15, -0.1) is 0 Å². The van der Waals surface area contributed by atoms with Gasteiger partial charge in [-0.25, -0.2) is 9.78 Å². The second kappa shape index (κ2) is 10.4. The molecule has 4 aromatic rings. The maximum atomic E-state index is 13.6. The quantitative estimate of drug-likeness (QED) is 0.407. The SMILES string of the molecule is O=C(O)c1cccc(C(=O)N2CCn3cc(C(=O)NCCc4cccnc4)nc3C2c2ccccc2)c1. The molecule has 1 unspecified atom stereocenters. The van der Waals surface area contributed by atoms with E-state index >= 15 is 0 Å². The van der Waals surface area contributed by atoms with Crippen LogP contribution in [0.4, 0.5) is 0 Å². The molecule has 0 saturated heterocycles. The number of rotatable bonds is 7. The average molecular weight is 496 g/mol. The molecule has 1 atom stereocenters. The van der Waals surface area contributed by atoms with Crippen LogP contribution in [0.1, 0.15) is 54.2 Å². The first-order chi connectivity index (χ1) is 18.0. The van der Waals surface area contributed by atoms with Crippen molar-refractivity contribution in [3.63, 3.8) is 0 Å². The Morgan fingerprint density at radius 2 is 1.78 bits per heavy atom. The number of carbonyl (C=O) groups excluding carboxylic acids is 2. The number of pyridine rings is 1. The molecular weight excluding hydrogens is 470 g/mol. The van der Waals surface area contributed by atoms with Gasteiger partial charge in [0.05, 0.1) is 5.56 Å². The van der Waals surface area contributed by atoms with E-state index in [1.54, 1.807) is 35.6 Å². The summed E-state index contributed by atoms with van der Waals surface area (Å²) in [6.45, 7) is 1.28. The largest absolute Gasteiger partial charge is 0.478 e. The van der Waals surface area contributed by atoms with Crippen LogP contribution in [-0.2, 0) is 13.0 Å². The van der Waals surface area contributed by atoms with E-state index in [4.69, 9.17) is 0 Å². The highest BCUT2D eigenvalue weighted by atomic mass is 16.4. The van der Waals surface area contributed by atoms with Gasteiger partial charge in [0.2, 0.25) is 0 Å². The molecule has 9 nitrogen and oxygen atoms in total. The number of imidazole rings is 1. The first-order valence-corrected chi connectivity index (χ1v) is 11.9. The Hall–Kier alpha value is -4.79. The maximum Gasteiger partial charge on any atom is 0.335 e. The zero-order valence-corrected chi connectivity index (χ0v) is 19.9. The number of aromatic carboxylic acids is 1. The van der Waals surface area contributed by atoms with Gasteiger partial charge in [0.15, 0.2) is 0 Å². The molecule has 2 N–H and O–H groups in total. The highest BCUT2D eigenvalue weighted by Crippen LogP contribution is 2.33. The summed E-state index contributed by atoms with van der Waals surface area (Å²) in [7, 11) is 0. The van der Waals surface area contributed by atoms with E-state index in [1.165, 1.54) is 12.1 Å². The summed E-state index contributed by atoms with van der Waals surface area (Å²) >= 11 is 0. The molecule has 0 aliphatic carbocycles. The third-order valence-corrected chi connectivity index (χ3v) is 6.33. The van der Waals surface area contributed by atoms with Crippen molar-refractivity contribution in [1.29, 1.82) is 0 Å². The van der Waals surface area contributed by atoms with Gasteiger partial charge in [-0.05, 0) is 41.8 Å². The van der Waals surface area contributed by atoms with Gasteiger partial charge in [0, 0.05) is 43.8 Å². The molecule has 0 bridgehead atoms. The highest BCUT2D eigenvalue weighted by molar-refractivity contribution is 5.98. The van der Waals surface area contributed by atoms with Crippen LogP contribution in [0.25, 0.3) is 0 Å². The van der Waals surface area contributed by atoms with E-state index in [2.05, 4.69) is 15.3 Å². The molecular formula is C28H25N5O4. The summed E-state index contributed by atoms with van der Waals surface area (Å²) in [5, 5.41) is 12.3. The lowest BCUT2D eigenvalue weighted by Crippen LogP contribution is -2.42. The van der Waals surface area contributed by atoms with Crippen LogP contribution in [0.15, 0.2) is 85.3 Å². The van der Waals surface area contributed by atoms with Crippen LogP contribution in [-0.4, -0.2) is 55.4 Å². The molecule has 9 heteroatoms. The van der Waals surface area contributed by atoms with Crippen molar-refractivity contribution in [3.05, 3.63) is 119 Å². The molecule has 0 saturated carbocycles. The van der Waals surface area contributed by atoms with Crippen LogP contribution in [0.3, 0.4) is 0 Å². The number of benzene rings is 2. The lowest BCUT2D eigenvalue weighted by molar-refractivity contribution is 0.0658. The summed E-state index contributed by atoms with van der Waals surface area (Å²) in [5.74, 6) is -1.10. The van der Waals surface area contributed by atoms with Crippen LogP contribution < -0.4 is 5.32 Å². The number of carbonyl (C=O) groups is 3. The second-order valence-electron chi connectivity index (χ2n) is 8.74. The number of nitrogens with zero attached hydrogens (tertiary/aromatic N) is 4. The minimum atomic E-state index is -1.09. The van der Waals surface area contributed by atoms with Crippen molar-refractivity contribution in [2.45, 2.75) is 19.0 Å². The Morgan fingerprint density at radius 1 is 0.973 bits per heavy atom. The van der Waals surface area contributed by atoms with Crippen molar-refractivity contribution in [1.82, 2.24) is 24.8 Å². The summed E-state index contributed by atoms with van der Waals surface area (Å²) < 4.78 is 1.91. The Labute approximate surface area is 213 Å². The van der Waals surface area contributed by atoms with Crippen molar-refractivity contribution in [2.24, 2.45) is 0 Å². The third-order valence-electron chi connectivity index (χ3n) is 6.33. The highest BCUT2D eigenvalue weighted by Gasteiger charge is 2.35. The Balaban J connectivity index is 1.41. The van der Waals surface area contributed by atoms with Crippen molar-refractivity contribution in [2.75, 3.05) is 13.1 Å². The summed E-state index contributed by atoms with van der Waals surface area (Å²) in [5.41, 5.74) is 2.49. The summed E-state index contributed by atoms with van der Waals surface area (Å²) in [6, 6.07) is 18.8. The molecule has 1 aliphatic rings. The molecule has 0 spiro atoms. The summed E-state index contributed by atoms with van der Waals surface area (Å²) in [4.78, 5) is 48.4. The molecule has 3 heterocycles. The molecule has 2 amide bonds. The van der Waals surface area contributed by atoms with Crippen LogP contribution in [0.2, 0.25) is 0 Å². The van der Waals surface area contributed by atoms with Crippen LogP contribution in [0, 0.1) is 0 Å². The monoisotopic (exact) mass is 495 g/mol. The van der Waals surface area contributed by atoms with Gasteiger partial charge < -0.3 is 19.9 Å². The normalized spacial score (nSPS) is 14.6. The number of hydrogen-bond acceptors (Lipinski definition) is 5. The lowest BCUT2D eigenvalue weighted by Gasteiger charge is -2.36. The van der Waals surface area contributed by atoms with E-state index in [0.29, 0.717) is 31.9 Å². The third kappa shape index (κ3) is 5.11. The van der Waals surface area contributed by atoms with Gasteiger partial charge in [-0.1, -0.05) is 42.5 Å².